The minimum Gasteiger partial charge on any atom is -0.382 e. The quantitative estimate of drug-likeness (QED) is 0.534. The zero-order chi connectivity index (χ0) is 23.8. The molecule has 9 heteroatoms. The van der Waals surface area contributed by atoms with E-state index in [-0.39, 0.29) is 24.3 Å². The van der Waals surface area contributed by atoms with Crippen molar-refractivity contribution < 1.29 is 19.1 Å². The van der Waals surface area contributed by atoms with Crippen molar-refractivity contribution in [2.24, 2.45) is 11.8 Å². The van der Waals surface area contributed by atoms with E-state index in [1.165, 1.54) is 5.56 Å². The number of aromatic nitrogens is 2. The van der Waals surface area contributed by atoms with Gasteiger partial charge in [-0.05, 0) is 55.0 Å². The Morgan fingerprint density at radius 1 is 1.09 bits per heavy atom. The SMILES string of the molecule is COCCOCC(=O)N1CCC(Cc2ccc(NC(=O)C3CN(c4cccnn4)C3)cc2)CC1. The average Bonchev–Trinajstić information content (AvgIpc) is 2.83. The van der Waals surface area contributed by atoms with Crippen molar-refractivity contribution in [3.05, 3.63) is 48.2 Å². The van der Waals surface area contributed by atoms with Crippen LogP contribution in [0.1, 0.15) is 18.4 Å². The molecule has 3 heterocycles. The molecule has 0 radical (unpaired) electrons. The van der Waals surface area contributed by atoms with E-state index in [9.17, 15) is 9.59 Å². The molecule has 0 saturated carbocycles. The second kappa shape index (κ2) is 11.9. The lowest BCUT2D eigenvalue weighted by molar-refractivity contribution is -0.138. The topological polar surface area (TPSA) is 96.9 Å². The second-order valence-corrected chi connectivity index (χ2v) is 8.94. The number of nitrogens with zero attached hydrogens (tertiary/aromatic N) is 4. The van der Waals surface area contributed by atoms with Crippen LogP contribution < -0.4 is 10.2 Å². The van der Waals surface area contributed by atoms with Gasteiger partial charge in [-0.25, -0.2) is 0 Å². The number of carbonyl (C=O) groups is 2. The molecule has 0 bridgehead atoms. The fourth-order valence-electron chi connectivity index (χ4n) is 4.37. The maximum Gasteiger partial charge on any atom is 0.248 e. The van der Waals surface area contributed by atoms with E-state index in [2.05, 4.69) is 27.6 Å². The average molecular weight is 468 g/mol. The second-order valence-electron chi connectivity index (χ2n) is 8.94. The van der Waals surface area contributed by atoms with Gasteiger partial charge < -0.3 is 24.6 Å². The first-order valence-electron chi connectivity index (χ1n) is 11.9. The number of ether oxygens (including phenoxy) is 2. The minimum absolute atomic E-state index is 0.0381. The normalized spacial score (nSPS) is 16.9. The fraction of sp³-hybridized carbons (Fsp3) is 0.520. The van der Waals surface area contributed by atoms with E-state index in [1.807, 2.05) is 34.1 Å². The lowest BCUT2D eigenvalue weighted by atomic mass is 9.90. The molecule has 2 aliphatic heterocycles. The Balaban J connectivity index is 1.15. The van der Waals surface area contributed by atoms with Crippen molar-refractivity contribution in [2.45, 2.75) is 19.3 Å². The van der Waals surface area contributed by atoms with Crippen LogP contribution in [0.15, 0.2) is 42.6 Å². The van der Waals surface area contributed by atoms with Gasteiger partial charge in [0, 0.05) is 45.2 Å². The monoisotopic (exact) mass is 467 g/mol. The van der Waals surface area contributed by atoms with Crippen molar-refractivity contribution in [1.82, 2.24) is 15.1 Å². The number of likely N-dealkylation sites (tertiary alicyclic amines) is 1. The summed E-state index contributed by atoms with van der Waals surface area (Å²) in [6.07, 6.45) is 4.61. The molecule has 1 aromatic carbocycles. The molecule has 2 saturated heterocycles. The molecule has 2 amide bonds. The van der Waals surface area contributed by atoms with Gasteiger partial charge in [0.2, 0.25) is 11.8 Å². The number of rotatable bonds is 10. The fourth-order valence-corrected chi connectivity index (χ4v) is 4.37. The third kappa shape index (κ3) is 6.51. The van der Waals surface area contributed by atoms with Crippen molar-refractivity contribution in [1.29, 1.82) is 0 Å². The highest BCUT2D eigenvalue weighted by Crippen LogP contribution is 2.25. The first kappa shape index (κ1) is 24.1. The maximum absolute atomic E-state index is 12.5. The van der Waals surface area contributed by atoms with Crippen LogP contribution in [-0.4, -0.2) is 80.0 Å². The van der Waals surface area contributed by atoms with Crippen LogP contribution in [0.5, 0.6) is 0 Å². The van der Waals surface area contributed by atoms with E-state index in [1.54, 1.807) is 13.3 Å². The van der Waals surface area contributed by atoms with Gasteiger partial charge in [-0.2, -0.15) is 5.10 Å². The van der Waals surface area contributed by atoms with Gasteiger partial charge in [0.15, 0.2) is 5.82 Å². The summed E-state index contributed by atoms with van der Waals surface area (Å²) >= 11 is 0. The number of hydrogen-bond acceptors (Lipinski definition) is 7. The Hall–Kier alpha value is -3.04. The molecule has 1 aromatic heterocycles. The highest BCUT2D eigenvalue weighted by atomic mass is 16.5. The van der Waals surface area contributed by atoms with Crippen molar-refractivity contribution >= 4 is 23.3 Å². The van der Waals surface area contributed by atoms with E-state index < -0.39 is 0 Å². The van der Waals surface area contributed by atoms with Crippen LogP contribution in [-0.2, 0) is 25.5 Å². The molecule has 1 N–H and O–H groups in total. The van der Waals surface area contributed by atoms with Crippen LogP contribution in [0.3, 0.4) is 0 Å². The Labute approximate surface area is 200 Å². The van der Waals surface area contributed by atoms with Crippen LogP contribution >= 0.6 is 0 Å². The van der Waals surface area contributed by atoms with E-state index in [0.717, 1.165) is 43.9 Å². The minimum atomic E-state index is -0.0417. The maximum atomic E-state index is 12.5. The van der Waals surface area contributed by atoms with E-state index >= 15 is 0 Å². The van der Waals surface area contributed by atoms with Crippen LogP contribution in [0, 0.1) is 11.8 Å². The van der Waals surface area contributed by atoms with E-state index in [4.69, 9.17) is 9.47 Å². The lowest BCUT2D eigenvalue weighted by Gasteiger charge is -2.38. The van der Waals surface area contributed by atoms with Crippen LogP contribution in [0.4, 0.5) is 11.5 Å². The highest BCUT2D eigenvalue weighted by Gasteiger charge is 2.33. The first-order chi connectivity index (χ1) is 16.6. The van der Waals surface area contributed by atoms with Gasteiger partial charge in [-0.3, -0.25) is 9.59 Å². The lowest BCUT2D eigenvalue weighted by Crippen LogP contribution is -2.52. The predicted molar refractivity (Wildman–Crippen MR) is 129 cm³/mol. The number of methoxy groups -OCH3 is 1. The smallest absolute Gasteiger partial charge is 0.248 e. The molecule has 0 unspecified atom stereocenters. The number of benzene rings is 1. The summed E-state index contributed by atoms with van der Waals surface area (Å²) in [5, 5.41) is 11.0. The van der Waals surface area contributed by atoms with Crippen molar-refractivity contribution in [3.8, 4) is 0 Å². The summed E-state index contributed by atoms with van der Waals surface area (Å²) in [6, 6.07) is 11.9. The number of carbonyl (C=O) groups excluding carboxylic acids is 2. The Morgan fingerprint density at radius 3 is 2.53 bits per heavy atom. The molecule has 0 atom stereocenters. The van der Waals surface area contributed by atoms with Gasteiger partial charge in [-0.1, -0.05) is 12.1 Å². The predicted octanol–water partition coefficient (Wildman–Crippen LogP) is 2.00. The summed E-state index contributed by atoms with van der Waals surface area (Å²) < 4.78 is 10.3. The van der Waals surface area contributed by atoms with Gasteiger partial charge in [0.1, 0.15) is 6.61 Å². The molecular formula is C25H33N5O4. The summed E-state index contributed by atoms with van der Waals surface area (Å²) in [6.45, 7) is 3.93. The number of amides is 2. The summed E-state index contributed by atoms with van der Waals surface area (Å²) in [5.41, 5.74) is 2.07. The van der Waals surface area contributed by atoms with Crippen LogP contribution in [0.2, 0.25) is 0 Å². The molecule has 0 aliphatic carbocycles. The Morgan fingerprint density at radius 2 is 1.85 bits per heavy atom. The van der Waals surface area contributed by atoms with Crippen molar-refractivity contribution in [2.75, 3.05) is 63.3 Å². The zero-order valence-corrected chi connectivity index (χ0v) is 19.7. The summed E-state index contributed by atoms with van der Waals surface area (Å²) in [7, 11) is 1.62. The van der Waals surface area contributed by atoms with Crippen molar-refractivity contribution in [3.63, 3.8) is 0 Å². The Bertz CT molecular complexity index is 926. The van der Waals surface area contributed by atoms with E-state index in [0.29, 0.717) is 32.2 Å². The summed E-state index contributed by atoms with van der Waals surface area (Å²) in [5.74, 6) is 1.42. The Kier molecular flexibility index (Phi) is 8.43. The molecule has 9 nitrogen and oxygen atoms in total. The van der Waals surface area contributed by atoms with Gasteiger partial charge in [0.05, 0.1) is 19.1 Å². The zero-order valence-electron chi connectivity index (χ0n) is 19.7. The van der Waals surface area contributed by atoms with Gasteiger partial charge in [0.25, 0.3) is 0 Å². The summed E-state index contributed by atoms with van der Waals surface area (Å²) in [4.78, 5) is 28.7. The third-order valence-corrected chi connectivity index (χ3v) is 6.50. The molecule has 4 rings (SSSR count). The number of anilines is 2. The number of nitrogens with one attached hydrogen (secondary N) is 1. The largest absolute Gasteiger partial charge is 0.382 e. The molecule has 0 spiro atoms. The standard InChI is InChI=1S/C25H33N5O4/c1-33-13-14-34-18-24(31)29-11-8-20(9-12-29)15-19-4-6-22(7-5-19)27-25(32)21-16-30(17-21)23-3-2-10-26-28-23/h2-7,10,20-21H,8-9,11-18H2,1H3,(H,27,32). The molecule has 2 aromatic rings. The number of hydrogen-bond donors (Lipinski definition) is 1. The van der Waals surface area contributed by atoms with Crippen LogP contribution in [0.25, 0.3) is 0 Å². The highest BCUT2D eigenvalue weighted by molar-refractivity contribution is 5.94. The third-order valence-electron chi connectivity index (χ3n) is 6.50. The first-order valence-corrected chi connectivity index (χ1v) is 11.9. The molecular weight excluding hydrogens is 434 g/mol. The molecule has 2 fully saturated rings. The van der Waals surface area contributed by atoms with Gasteiger partial charge in [-0.15, -0.1) is 5.10 Å². The van der Waals surface area contributed by atoms with Gasteiger partial charge >= 0.3 is 0 Å². The number of piperidine rings is 1. The molecule has 34 heavy (non-hydrogen) atoms. The molecule has 182 valence electrons. The molecule has 2 aliphatic rings.